The lowest BCUT2D eigenvalue weighted by Gasteiger charge is -2.26. The van der Waals surface area contributed by atoms with E-state index in [1.54, 1.807) is 0 Å². The van der Waals surface area contributed by atoms with Gasteiger partial charge in [0.1, 0.15) is 0 Å². The summed E-state index contributed by atoms with van der Waals surface area (Å²) in [5.74, 6) is 0.621. The van der Waals surface area contributed by atoms with Crippen LogP contribution in [0, 0.1) is 5.41 Å². The van der Waals surface area contributed by atoms with Crippen molar-refractivity contribution in [2.75, 3.05) is 13.6 Å². The van der Waals surface area contributed by atoms with Crippen molar-refractivity contribution in [3.05, 3.63) is 35.9 Å². The van der Waals surface area contributed by atoms with Crippen molar-refractivity contribution in [1.29, 1.82) is 0 Å². The third-order valence-electron chi connectivity index (χ3n) is 2.58. The van der Waals surface area contributed by atoms with Crippen LogP contribution >= 0.6 is 0 Å². The predicted octanol–water partition coefficient (Wildman–Crippen LogP) is 3.43. The molecule has 0 aliphatic carbocycles. The van der Waals surface area contributed by atoms with E-state index in [1.807, 2.05) is 7.05 Å². The van der Waals surface area contributed by atoms with Gasteiger partial charge in [0.2, 0.25) is 0 Å². The summed E-state index contributed by atoms with van der Waals surface area (Å²) in [5, 5.41) is 3.29. The van der Waals surface area contributed by atoms with Crippen molar-refractivity contribution in [3.63, 3.8) is 0 Å². The molecule has 0 saturated heterocycles. The highest BCUT2D eigenvalue weighted by Gasteiger charge is 2.19. The lowest BCUT2D eigenvalue weighted by atomic mass is 9.81. The van der Waals surface area contributed by atoms with E-state index in [2.05, 4.69) is 56.4 Å². The van der Waals surface area contributed by atoms with Gasteiger partial charge in [-0.15, -0.1) is 0 Å². The zero-order valence-corrected chi connectivity index (χ0v) is 10.4. The van der Waals surface area contributed by atoms with Crippen LogP contribution in [0.1, 0.15) is 38.7 Å². The fraction of sp³-hybridized carbons (Fsp3) is 0.571. The Labute approximate surface area is 93.9 Å². The molecular weight excluding hydrogens is 182 g/mol. The molecule has 1 N–H and O–H groups in total. The maximum atomic E-state index is 3.29. The summed E-state index contributed by atoms with van der Waals surface area (Å²) in [6.07, 6.45) is 1.22. The van der Waals surface area contributed by atoms with Crippen LogP contribution in [-0.4, -0.2) is 13.6 Å². The van der Waals surface area contributed by atoms with Gasteiger partial charge in [-0.25, -0.2) is 0 Å². The molecule has 0 heterocycles. The fourth-order valence-electron chi connectivity index (χ4n) is 2.02. The van der Waals surface area contributed by atoms with E-state index in [1.165, 1.54) is 12.0 Å². The second-order valence-corrected chi connectivity index (χ2v) is 5.43. The molecule has 1 aromatic rings. The molecule has 1 rings (SSSR count). The van der Waals surface area contributed by atoms with Gasteiger partial charge in [0.15, 0.2) is 0 Å². The molecular formula is C14H23N. The van der Waals surface area contributed by atoms with Crippen LogP contribution in [0.4, 0.5) is 0 Å². The van der Waals surface area contributed by atoms with Gasteiger partial charge in [-0.2, -0.15) is 0 Å². The first kappa shape index (κ1) is 12.3. The predicted molar refractivity (Wildman–Crippen MR) is 67.2 cm³/mol. The Hall–Kier alpha value is -0.820. The molecule has 1 aromatic carbocycles. The van der Waals surface area contributed by atoms with E-state index < -0.39 is 0 Å². The first-order valence-corrected chi connectivity index (χ1v) is 5.72. The van der Waals surface area contributed by atoms with Gasteiger partial charge in [-0.1, -0.05) is 51.1 Å². The topological polar surface area (TPSA) is 12.0 Å². The third-order valence-corrected chi connectivity index (χ3v) is 2.58. The largest absolute Gasteiger partial charge is 0.319 e. The van der Waals surface area contributed by atoms with E-state index >= 15 is 0 Å². The Morgan fingerprint density at radius 2 is 1.73 bits per heavy atom. The minimum Gasteiger partial charge on any atom is -0.319 e. The minimum absolute atomic E-state index is 0.386. The minimum atomic E-state index is 0.386. The summed E-state index contributed by atoms with van der Waals surface area (Å²) in [6.45, 7) is 7.97. The molecule has 0 bridgehead atoms. The Kier molecular flexibility index (Phi) is 4.34. The summed E-state index contributed by atoms with van der Waals surface area (Å²) in [6, 6.07) is 10.8. The Morgan fingerprint density at radius 3 is 2.20 bits per heavy atom. The summed E-state index contributed by atoms with van der Waals surface area (Å²) in [5.41, 5.74) is 1.83. The molecule has 0 aromatic heterocycles. The molecule has 0 aliphatic rings. The third kappa shape index (κ3) is 4.48. The normalized spacial score (nSPS) is 13.9. The number of hydrogen-bond acceptors (Lipinski definition) is 1. The van der Waals surface area contributed by atoms with E-state index in [0.29, 0.717) is 11.3 Å². The van der Waals surface area contributed by atoms with Gasteiger partial charge in [0.05, 0.1) is 0 Å². The Morgan fingerprint density at radius 1 is 1.13 bits per heavy atom. The van der Waals surface area contributed by atoms with Crippen molar-refractivity contribution in [2.45, 2.75) is 33.1 Å². The SMILES string of the molecule is CNCC(CC(C)(C)C)c1ccccc1. The highest BCUT2D eigenvalue weighted by Crippen LogP contribution is 2.30. The average molecular weight is 205 g/mol. The first-order valence-electron chi connectivity index (χ1n) is 5.72. The van der Waals surface area contributed by atoms with Crippen molar-refractivity contribution in [1.82, 2.24) is 5.32 Å². The maximum Gasteiger partial charge on any atom is 0.00173 e. The number of nitrogens with one attached hydrogen (secondary N) is 1. The van der Waals surface area contributed by atoms with Gasteiger partial charge >= 0.3 is 0 Å². The zero-order chi connectivity index (χ0) is 11.3. The van der Waals surface area contributed by atoms with Crippen molar-refractivity contribution in [2.24, 2.45) is 5.41 Å². The maximum absolute atomic E-state index is 3.29. The van der Waals surface area contributed by atoms with Gasteiger partial charge in [0, 0.05) is 6.54 Å². The highest BCUT2D eigenvalue weighted by atomic mass is 14.8. The molecule has 1 unspecified atom stereocenters. The van der Waals surface area contributed by atoms with Crippen molar-refractivity contribution in [3.8, 4) is 0 Å². The lowest BCUT2D eigenvalue weighted by Crippen LogP contribution is -2.22. The zero-order valence-electron chi connectivity index (χ0n) is 10.4. The molecule has 0 radical (unpaired) electrons. The van der Waals surface area contributed by atoms with Crippen molar-refractivity contribution >= 4 is 0 Å². The summed E-state index contributed by atoms with van der Waals surface area (Å²) in [4.78, 5) is 0. The van der Waals surface area contributed by atoms with Crippen LogP contribution in [0.2, 0.25) is 0 Å². The van der Waals surface area contributed by atoms with Crippen LogP contribution in [0.5, 0.6) is 0 Å². The standard InChI is InChI=1S/C14H23N/c1-14(2,3)10-13(11-15-4)12-8-6-5-7-9-12/h5-9,13,15H,10-11H2,1-4H3. The van der Waals surface area contributed by atoms with Crippen LogP contribution in [0.3, 0.4) is 0 Å². The number of benzene rings is 1. The van der Waals surface area contributed by atoms with Crippen LogP contribution in [-0.2, 0) is 0 Å². The molecule has 84 valence electrons. The van der Waals surface area contributed by atoms with Crippen molar-refractivity contribution < 1.29 is 0 Å². The van der Waals surface area contributed by atoms with Crippen LogP contribution in [0.15, 0.2) is 30.3 Å². The Balaban J connectivity index is 2.75. The van der Waals surface area contributed by atoms with Crippen LogP contribution < -0.4 is 5.32 Å². The second-order valence-electron chi connectivity index (χ2n) is 5.43. The molecule has 0 spiro atoms. The number of likely N-dealkylation sites (N-methyl/N-ethyl adjacent to an activating group) is 1. The number of hydrogen-bond donors (Lipinski definition) is 1. The van der Waals surface area contributed by atoms with Gasteiger partial charge in [-0.05, 0) is 30.4 Å². The van der Waals surface area contributed by atoms with Crippen LogP contribution in [0.25, 0.3) is 0 Å². The summed E-state index contributed by atoms with van der Waals surface area (Å²) < 4.78 is 0. The molecule has 1 heteroatoms. The number of rotatable bonds is 4. The fourth-order valence-corrected chi connectivity index (χ4v) is 2.02. The van der Waals surface area contributed by atoms with E-state index in [4.69, 9.17) is 0 Å². The first-order chi connectivity index (χ1) is 7.03. The van der Waals surface area contributed by atoms with E-state index in [0.717, 1.165) is 6.54 Å². The Bertz CT molecular complexity index is 271. The molecule has 1 atom stereocenters. The molecule has 0 amide bonds. The smallest absolute Gasteiger partial charge is 0.00173 e. The molecule has 15 heavy (non-hydrogen) atoms. The highest BCUT2D eigenvalue weighted by molar-refractivity contribution is 5.20. The van der Waals surface area contributed by atoms with Gasteiger partial charge < -0.3 is 5.32 Å². The monoisotopic (exact) mass is 205 g/mol. The lowest BCUT2D eigenvalue weighted by molar-refractivity contribution is 0.335. The quantitative estimate of drug-likeness (QED) is 0.794. The van der Waals surface area contributed by atoms with E-state index in [-0.39, 0.29) is 0 Å². The summed E-state index contributed by atoms with van der Waals surface area (Å²) >= 11 is 0. The van der Waals surface area contributed by atoms with Gasteiger partial charge in [0.25, 0.3) is 0 Å². The molecule has 0 aliphatic heterocycles. The average Bonchev–Trinajstić information content (AvgIpc) is 2.17. The molecule has 0 fully saturated rings. The second kappa shape index (κ2) is 5.32. The summed E-state index contributed by atoms with van der Waals surface area (Å²) in [7, 11) is 2.03. The molecule has 0 saturated carbocycles. The molecule has 1 nitrogen and oxygen atoms in total. The van der Waals surface area contributed by atoms with E-state index in [9.17, 15) is 0 Å². The van der Waals surface area contributed by atoms with Gasteiger partial charge in [-0.3, -0.25) is 0 Å².